The first-order valence-corrected chi connectivity index (χ1v) is 11.1. The smallest absolute Gasteiger partial charge is 0.310 e. The molecule has 128 valence electrons. The summed E-state index contributed by atoms with van der Waals surface area (Å²) in [5, 5.41) is 0. The molecule has 0 radical (unpaired) electrons. The Morgan fingerprint density at radius 1 is 1.14 bits per heavy atom. The summed E-state index contributed by atoms with van der Waals surface area (Å²) in [6, 6.07) is 3.54. The predicted octanol–water partition coefficient (Wildman–Crippen LogP) is 5.24. The number of hydrogen-bond acceptors (Lipinski definition) is 3. The van der Waals surface area contributed by atoms with Gasteiger partial charge < -0.3 is 9.16 Å². The van der Waals surface area contributed by atoms with Crippen LogP contribution in [-0.4, -0.2) is 26.5 Å². The summed E-state index contributed by atoms with van der Waals surface area (Å²) in [4.78, 5) is 11.5. The fourth-order valence-electron chi connectivity index (χ4n) is 2.65. The standard InChI is InChI=1S/C18H34O3Si/c1-7-13-18(19)20-17(8-2)15-12-14-16(6)21-22(9-3,10-4)11-5/h7-8,16-17H,1-2,9-15H2,3-6H3/t16-,17?/m1/s1. The van der Waals surface area contributed by atoms with Crippen LogP contribution in [0, 0.1) is 0 Å². The zero-order chi connectivity index (χ0) is 17.0. The Kier molecular flexibility index (Phi) is 11.2. The molecule has 0 fully saturated rings. The van der Waals surface area contributed by atoms with Crippen molar-refractivity contribution >= 4 is 14.3 Å². The van der Waals surface area contributed by atoms with Crippen molar-refractivity contribution in [1.29, 1.82) is 0 Å². The molecule has 0 saturated carbocycles. The molecule has 4 heteroatoms. The van der Waals surface area contributed by atoms with Gasteiger partial charge in [0.25, 0.3) is 0 Å². The van der Waals surface area contributed by atoms with E-state index in [1.165, 1.54) is 18.1 Å². The molecule has 1 unspecified atom stereocenters. The van der Waals surface area contributed by atoms with Crippen molar-refractivity contribution in [2.24, 2.45) is 0 Å². The Morgan fingerprint density at radius 3 is 2.18 bits per heavy atom. The minimum atomic E-state index is -1.52. The van der Waals surface area contributed by atoms with Crippen LogP contribution in [0.3, 0.4) is 0 Å². The molecule has 0 spiro atoms. The van der Waals surface area contributed by atoms with E-state index in [1.54, 1.807) is 12.2 Å². The third-order valence-corrected chi connectivity index (χ3v) is 9.11. The highest BCUT2D eigenvalue weighted by Gasteiger charge is 2.30. The number of hydrogen-bond donors (Lipinski definition) is 0. The number of rotatable bonds is 13. The van der Waals surface area contributed by atoms with Gasteiger partial charge in [-0.25, -0.2) is 0 Å². The van der Waals surface area contributed by atoms with E-state index in [2.05, 4.69) is 40.9 Å². The van der Waals surface area contributed by atoms with Crippen LogP contribution in [-0.2, 0) is 14.0 Å². The second kappa shape index (κ2) is 11.7. The maximum absolute atomic E-state index is 11.5. The number of carbonyl (C=O) groups excluding carboxylic acids is 1. The summed E-state index contributed by atoms with van der Waals surface area (Å²) in [5.74, 6) is -0.237. The molecule has 0 rings (SSSR count). The first kappa shape index (κ1) is 21.1. The zero-order valence-electron chi connectivity index (χ0n) is 14.9. The number of esters is 1. The van der Waals surface area contributed by atoms with Crippen LogP contribution in [0.25, 0.3) is 0 Å². The molecule has 0 aliphatic carbocycles. The molecule has 0 saturated heterocycles. The van der Waals surface area contributed by atoms with Crippen LogP contribution < -0.4 is 0 Å². The highest BCUT2D eigenvalue weighted by atomic mass is 28.4. The fourth-order valence-corrected chi connectivity index (χ4v) is 5.62. The Balaban J connectivity index is 4.18. The lowest BCUT2D eigenvalue weighted by Gasteiger charge is -2.32. The Labute approximate surface area is 137 Å². The van der Waals surface area contributed by atoms with Gasteiger partial charge in [0.1, 0.15) is 6.10 Å². The van der Waals surface area contributed by atoms with Crippen LogP contribution in [0.2, 0.25) is 18.1 Å². The van der Waals surface area contributed by atoms with Gasteiger partial charge in [-0.15, -0.1) is 6.58 Å². The summed E-state index contributed by atoms with van der Waals surface area (Å²) >= 11 is 0. The normalized spacial score (nSPS) is 14.2. The van der Waals surface area contributed by atoms with Crippen LogP contribution in [0.4, 0.5) is 0 Å². The Hall–Kier alpha value is -0.873. The molecule has 0 amide bonds. The van der Waals surface area contributed by atoms with Gasteiger partial charge in [0, 0.05) is 6.10 Å². The summed E-state index contributed by atoms with van der Waals surface area (Å²) in [6.07, 6.45) is 6.36. The van der Waals surface area contributed by atoms with Crippen LogP contribution in [0.5, 0.6) is 0 Å². The van der Waals surface area contributed by atoms with Crippen molar-refractivity contribution in [1.82, 2.24) is 0 Å². The second-order valence-electron chi connectivity index (χ2n) is 5.86. The largest absolute Gasteiger partial charge is 0.458 e. The molecule has 0 bridgehead atoms. The SMILES string of the molecule is C=CCC(=O)OC(C=C)CCC[C@@H](C)O[Si](CC)(CC)CC. The molecule has 0 aliphatic rings. The summed E-state index contributed by atoms with van der Waals surface area (Å²) in [7, 11) is -1.52. The van der Waals surface area contributed by atoms with Gasteiger partial charge in [-0.05, 0) is 44.3 Å². The fraction of sp³-hybridized carbons (Fsp3) is 0.722. The van der Waals surface area contributed by atoms with Crippen LogP contribution in [0.15, 0.2) is 25.3 Å². The minimum Gasteiger partial charge on any atom is -0.458 e. The van der Waals surface area contributed by atoms with E-state index in [0.29, 0.717) is 0 Å². The van der Waals surface area contributed by atoms with Crippen LogP contribution >= 0.6 is 0 Å². The van der Waals surface area contributed by atoms with Crippen LogP contribution in [0.1, 0.15) is 53.4 Å². The third kappa shape index (κ3) is 7.94. The van der Waals surface area contributed by atoms with Crippen molar-refractivity contribution < 1.29 is 14.0 Å². The molecule has 0 aromatic rings. The van der Waals surface area contributed by atoms with E-state index in [0.717, 1.165) is 19.3 Å². The highest BCUT2D eigenvalue weighted by molar-refractivity contribution is 6.73. The highest BCUT2D eigenvalue weighted by Crippen LogP contribution is 2.25. The first-order valence-electron chi connectivity index (χ1n) is 8.57. The van der Waals surface area contributed by atoms with Crippen molar-refractivity contribution in [2.75, 3.05) is 0 Å². The monoisotopic (exact) mass is 326 g/mol. The minimum absolute atomic E-state index is 0.204. The summed E-state index contributed by atoms with van der Waals surface area (Å²) < 4.78 is 11.7. The molecule has 22 heavy (non-hydrogen) atoms. The van der Waals surface area contributed by atoms with E-state index < -0.39 is 8.32 Å². The maximum atomic E-state index is 11.5. The van der Waals surface area contributed by atoms with Crippen molar-refractivity contribution in [3.8, 4) is 0 Å². The number of carbonyl (C=O) groups is 1. The Morgan fingerprint density at radius 2 is 1.73 bits per heavy atom. The average Bonchev–Trinajstić information content (AvgIpc) is 2.52. The second-order valence-corrected chi connectivity index (χ2v) is 10.6. The topological polar surface area (TPSA) is 35.5 Å². The third-order valence-electron chi connectivity index (χ3n) is 4.34. The average molecular weight is 327 g/mol. The van der Waals surface area contributed by atoms with E-state index in [1.807, 2.05) is 0 Å². The lowest BCUT2D eigenvalue weighted by atomic mass is 10.1. The predicted molar refractivity (Wildman–Crippen MR) is 96.5 cm³/mol. The zero-order valence-corrected chi connectivity index (χ0v) is 15.9. The van der Waals surface area contributed by atoms with E-state index in [4.69, 9.17) is 9.16 Å². The summed E-state index contributed by atoms with van der Waals surface area (Å²) in [6.45, 7) is 16.2. The van der Waals surface area contributed by atoms with Crippen molar-refractivity contribution in [2.45, 2.75) is 83.7 Å². The first-order chi connectivity index (χ1) is 10.5. The van der Waals surface area contributed by atoms with Gasteiger partial charge in [-0.1, -0.05) is 39.5 Å². The molecular weight excluding hydrogens is 292 g/mol. The molecular formula is C18H34O3Si. The molecule has 2 atom stereocenters. The quantitative estimate of drug-likeness (QED) is 0.264. The van der Waals surface area contributed by atoms with Crippen molar-refractivity contribution in [3.05, 3.63) is 25.3 Å². The molecule has 0 aromatic heterocycles. The van der Waals surface area contributed by atoms with Gasteiger partial charge in [0.2, 0.25) is 0 Å². The van der Waals surface area contributed by atoms with Gasteiger partial charge in [0.15, 0.2) is 8.32 Å². The van der Waals surface area contributed by atoms with E-state index >= 15 is 0 Å². The molecule has 0 aromatic carbocycles. The number of ether oxygens (including phenoxy) is 1. The lowest BCUT2D eigenvalue weighted by molar-refractivity contribution is -0.146. The molecule has 3 nitrogen and oxygen atoms in total. The Bertz CT molecular complexity index is 329. The van der Waals surface area contributed by atoms with Gasteiger partial charge in [-0.2, -0.15) is 0 Å². The summed E-state index contributed by atoms with van der Waals surface area (Å²) in [5.41, 5.74) is 0. The van der Waals surface area contributed by atoms with Gasteiger partial charge in [-0.3, -0.25) is 4.79 Å². The van der Waals surface area contributed by atoms with E-state index in [9.17, 15) is 4.79 Å². The van der Waals surface area contributed by atoms with Crippen molar-refractivity contribution in [3.63, 3.8) is 0 Å². The molecule has 0 N–H and O–H groups in total. The van der Waals surface area contributed by atoms with Gasteiger partial charge in [0.05, 0.1) is 6.42 Å². The molecule has 0 aliphatic heterocycles. The van der Waals surface area contributed by atoms with E-state index in [-0.39, 0.29) is 24.6 Å². The van der Waals surface area contributed by atoms with Gasteiger partial charge >= 0.3 is 5.97 Å². The molecule has 0 heterocycles. The maximum Gasteiger partial charge on any atom is 0.310 e. The lowest BCUT2D eigenvalue weighted by Crippen LogP contribution is -2.39.